The minimum absolute atomic E-state index is 0.0109. The minimum Gasteiger partial charge on any atom is -0.352 e. The van der Waals surface area contributed by atoms with E-state index in [0.717, 1.165) is 30.9 Å². The molecule has 1 amide bonds. The topological polar surface area (TPSA) is 82.7 Å². The normalized spacial score (nSPS) is 13.8. The molecule has 1 aromatic heterocycles. The predicted octanol–water partition coefficient (Wildman–Crippen LogP) is 0.423. The molecule has 0 atom stereocenters. The van der Waals surface area contributed by atoms with E-state index < -0.39 is 0 Å². The number of nitrogens with zero attached hydrogens (tertiary/aromatic N) is 2. The first-order valence-corrected chi connectivity index (χ1v) is 6.78. The lowest BCUT2D eigenvalue weighted by Crippen LogP contribution is -2.30. The van der Waals surface area contributed by atoms with Gasteiger partial charge in [0, 0.05) is 25.1 Å². The fourth-order valence-electron chi connectivity index (χ4n) is 2.49. The molecule has 6 heteroatoms. The first kappa shape index (κ1) is 12.8. The summed E-state index contributed by atoms with van der Waals surface area (Å²) < 4.78 is 0. The Kier molecular flexibility index (Phi) is 3.73. The van der Waals surface area contributed by atoms with E-state index >= 15 is 0 Å². The van der Waals surface area contributed by atoms with Gasteiger partial charge in [-0.05, 0) is 30.2 Å². The first-order valence-electron chi connectivity index (χ1n) is 6.78. The van der Waals surface area contributed by atoms with E-state index in [9.17, 15) is 4.79 Å². The van der Waals surface area contributed by atoms with E-state index in [0.29, 0.717) is 13.0 Å². The van der Waals surface area contributed by atoms with Crippen molar-refractivity contribution >= 4 is 5.91 Å². The van der Waals surface area contributed by atoms with Crippen LogP contribution in [0.15, 0.2) is 24.5 Å². The van der Waals surface area contributed by atoms with Crippen molar-refractivity contribution in [2.45, 2.75) is 19.4 Å². The summed E-state index contributed by atoms with van der Waals surface area (Å²) in [5.41, 5.74) is 3.18. The van der Waals surface area contributed by atoms with Crippen molar-refractivity contribution in [1.29, 1.82) is 0 Å². The van der Waals surface area contributed by atoms with Crippen LogP contribution in [0.5, 0.6) is 0 Å². The zero-order valence-electron chi connectivity index (χ0n) is 11.1. The van der Waals surface area contributed by atoms with Gasteiger partial charge in [-0.15, -0.1) is 0 Å². The number of hydrogen-bond donors (Lipinski definition) is 3. The van der Waals surface area contributed by atoms with Crippen LogP contribution in [0.2, 0.25) is 0 Å². The van der Waals surface area contributed by atoms with Crippen LogP contribution in [0.1, 0.15) is 27.3 Å². The Labute approximate surface area is 117 Å². The number of aromatic amines is 1. The zero-order chi connectivity index (χ0) is 13.8. The minimum atomic E-state index is -0.0109. The van der Waals surface area contributed by atoms with Gasteiger partial charge in [-0.1, -0.05) is 12.1 Å². The van der Waals surface area contributed by atoms with Gasteiger partial charge in [-0.2, -0.15) is 5.10 Å². The molecule has 1 aromatic carbocycles. The monoisotopic (exact) mass is 271 g/mol. The van der Waals surface area contributed by atoms with Crippen molar-refractivity contribution in [2.75, 3.05) is 13.1 Å². The zero-order valence-corrected chi connectivity index (χ0v) is 11.1. The molecule has 0 aliphatic carbocycles. The maximum atomic E-state index is 12.3. The van der Waals surface area contributed by atoms with Gasteiger partial charge in [0.2, 0.25) is 0 Å². The van der Waals surface area contributed by atoms with Crippen LogP contribution in [0.25, 0.3) is 0 Å². The van der Waals surface area contributed by atoms with Crippen molar-refractivity contribution in [3.8, 4) is 0 Å². The summed E-state index contributed by atoms with van der Waals surface area (Å²) in [5.74, 6) is 0.771. The number of hydrogen-bond acceptors (Lipinski definition) is 4. The fourth-order valence-corrected chi connectivity index (χ4v) is 2.49. The molecule has 1 aliphatic rings. The highest BCUT2D eigenvalue weighted by Crippen LogP contribution is 2.18. The second kappa shape index (κ2) is 5.83. The summed E-state index contributed by atoms with van der Waals surface area (Å²) in [6, 6.07) is 5.91. The summed E-state index contributed by atoms with van der Waals surface area (Å²) in [4.78, 5) is 16.3. The lowest BCUT2D eigenvalue weighted by Gasteiger charge is -2.19. The van der Waals surface area contributed by atoms with Gasteiger partial charge in [-0.25, -0.2) is 4.98 Å². The molecule has 3 rings (SSSR count). The van der Waals surface area contributed by atoms with Gasteiger partial charge in [0.05, 0.1) is 0 Å². The molecule has 0 saturated carbocycles. The van der Waals surface area contributed by atoms with E-state index in [1.54, 1.807) is 0 Å². The van der Waals surface area contributed by atoms with E-state index in [1.165, 1.54) is 17.5 Å². The lowest BCUT2D eigenvalue weighted by atomic mass is 9.95. The molecule has 0 saturated heterocycles. The molecular formula is C14H17N5O. The summed E-state index contributed by atoms with van der Waals surface area (Å²) in [5, 5.41) is 12.8. The third-order valence-corrected chi connectivity index (χ3v) is 3.50. The highest BCUT2D eigenvalue weighted by Gasteiger charge is 2.16. The van der Waals surface area contributed by atoms with E-state index in [1.807, 2.05) is 12.1 Å². The fraction of sp³-hybridized carbons (Fsp3) is 0.357. The van der Waals surface area contributed by atoms with Crippen LogP contribution in [-0.2, 0) is 19.4 Å². The molecule has 2 aromatic rings. The molecule has 0 radical (unpaired) electrons. The average molecular weight is 271 g/mol. The van der Waals surface area contributed by atoms with Crippen molar-refractivity contribution in [3.05, 3.63) is 47.0 Å². The molecule has 0 spiro atoms. The summed E-state index contributed by atoms with van der Waals surface area (Å²) in [6.45, 7) is 2.32. The molecule has 6 nitrogen and oxygen atoms in total. The largest absolute Gasteiger partial charge is 0.352 e. The number of fused-ring (bicyclic) bond motifs is 1. The van der Waals surface area contributed by atoms with Gasteiger partial charge >= 0.3 is 0 Å². The highest BCUT2D eigenvalue weighted by molar-refractivity contribution is 5.96. The SMILES string of the molecule is O=C(NCCc1ncn[nH]1)c1cccc2c1CCNC2. The van der Waals surface area contributed by atoms with Gasteiger partial charge in [0.1, 0.15) is 12.2 Å². The predicted molar refractivity (Wildman–Crippen MR) is 74.3 cm³/mol. The maximum absolute atomic E-state index is 12.3. The number of benzene rings is 1. The van der Waals surface area contributed by atoms with Crippen LogP contribution in [0.3, 0.4) is 0 Å². The molecule has 0 bridgehead atoms. The van der Waals surface area contributed by atoms with Crippen molar-refractivity contribution in [3.63, 3.8) is 0 Å². The van der Waals surface area contributed by atoms with E-state index in [2.05, 4.69) is 31.9 Å². The van der Waals surface area contributed by atoms with E-state index in [-0.39, 0.29) is 5.91 Å². The quantitative estimate of drug-likeness (QED) is 0.753. The lowest BCUT2D eigenvalue weighted by molar-refractivity contribution is 0.0952. The standard InChI is InChI=1S/C14H17N5O/c20-14(16-7-5-13-17-9-18-19-13)12-3-1-2-10-8-15-6-4-11(10)12/h1-3,9,15H,4-8H2,(H,16,20)(H,17,18,19). The average Bonchev–Trinajstić information content (AvgIpc) is 3.00. The molecule has 0 fully saturated rings. The number of nitrogens with one attached hydrogen (secondary N) is 3. The summed E-state index contributed by atoms with van der Waals surface area (Å²) in [7, 11) is 0. The Balaban J connectivity index is 1.65. The third kappa shape index (κ3) is 2.70. The van der Waals surface area contributed by atoms with Crippen LogP contribution in [0, 0.1) is 0 Å². The Morgan fingerprint density at radius 1 is 1.40 bits per heavy atom. The highest BCUT2D eigenvalue weighted by atomic mass is 16.1. The van der Waals surface area contributed by atoms with Crippen LogP contribution < -0.4 is 10.6 Å². The number of carbonyl (C=O) groups is 1. The number of rotatable bonds is 4. The van der Waals surface area contributed by atoms with Gasteiger partial charge in [-0.3, -0.25) is 9.89 Å². The molecular weight excluding hydrogens is 254 g/mol. The van der Waals surface area contributed by atoms with Crippen LogP contribution >= 0.6 is 0 Å². The molecule has 20 heavy (non-hydrogen) atoms. The van der Waals surface area contributed by atoms with Crippen molar-refractivity contribution in [2.24, 2.45) is 0 Å². The molecule has 3 N–H and O–H groups in total. The third-order valence-electron chi connectivity index (χ3n) is 3.50. The second-order valence-electron chi connectivity index (χ2n) is 4.81. The Bertz CT molecular complexity index is 594. The van der Waals surface area contributed by atoms with Gasteiger partial charge in [0.15, 0.2) is 0 Å². The summed E-state index contributed by atoms with van der Waals surface area (Å²) >= 11 is 0. The molecule has 2 heterocycles. The van der Waals surface area contributed by atoms with Crippen molar-refractivity contribution in [1.82, 2.24) is 25.8 Å². The number of H-pyrrole nitrogens is 1. The first-order chi connectivity index (χ1) is 9.84. The van der Waals surface area contributed by atoms with E-state index in [4.69, 9.17) is 0 Å². The number of aromatic nitrogens is 3. The van der Waals surface area contributed by atoms with Crippen molar-refractivity contribution < 1.29 is 4.79 Å². The smallest absolute Gasteiger partial charge is 0.251 e. The second-order valence-corrected chi connectivity index (χ2v) is 4.81. The molecule has 104 valence electrons. The Hall–Kier alpha value is -2.21. The van der Waals surface area contributed by atoms with Gasteiger partial charge in [0.25, 0.3) is 5.91 Å². The number of amides is 1. The number of carbonyl (C=O) groups excluding carboxylic acids is 1. The Morgan fingerprint density at radius 2 is 2.35 bits per heavy atom. The maximum Gasteiger partial charge on any atom is 0.251 e. The molecule has 1 aliphatic heterocycles. The van der Waals surface area contributed by atoms with Crippen LogP contribution in [0.4, 0.5) is 0 Å². The summed E-state index contributed by atoms with van der Waals surface area (Å²) in [6.07, 6.45) is 3.03. The Morgan fingerprint density at radius 3 is 3.20 bits per heavy atom. The molecule has 0 unspecified atom stereocenters. The van der Waals surface area contributed by atoms with Gasteiger partial charge < -0.3 is 10.6 Å². The van der Waals surface area contributed by atoms with Crippen LogP contribution in [-0.4, -0.2) is 34.2 Å².